The van der Waals surface area contributed by atoms with E-state index in [-0.39, 0.29) is 18.1 Å². The molecular formula is C16H23N3O4. The van der Waals surface area contributed by atoms with Gasteiger partial charge in [0.2, 0.25) is 0 Å². The van der Waals surface area contributed by atoms with E-state index in [1.807, 2.05) is 0 Å². The van der Waals surface area contributed by atoms with Gasteiger partial charge in [0.25, 0.3) is 11.6 Å². The highest BCUT2D eigenvalue weighted by atomic mass is 16.6. The molecule has 0 bridgehead atoms. The predicted octanol–water partition coefficient (Wildman–Crippen LogP) is 1.42. The van der Waals surface area contributed by atoms with E-state index in [1.165, 1.54) is 24.3 Å². The molecule has 7 heteroatoms. The van der Waals surface area contributed by atoms with Crippen LogP contribution in [-0.2, 0) is 0 Å². The Balaban J connectivity index is 1.76. The molecule has 1 aliphatic heterocycles. The number of nitrogens with one attached hydrogen (secondary N) is 1. The van der Waals surface area contributed by atoms with Crippen LogP contribution in [0, 0.1) is 16.0 Å². The first kappa shape index (κ1) is 17.4. The van der Waals surface area contributed by atoms with Crippen LogP contribution in [0.5, 0.6) is 0 Å². The summed E-state index contributed by atoms with van der Waals surface area (Å²) < 4.78 is 0. The number of nitro groups is 1. The van der Waals surface area contributed by atoms with Gasteiger partial charge in [0.1, 0.15) is 0 Å². The summed E-state index contributed by atoms with van der Waals surface area (Å²) in [6.07, 6.45) is 1.66. The molecule has 1 saturated heterocycles. The number of nitrogens with zero attached hydrogens (tertiary/aromatic N) is 2. The second-order valence-electron chi connectivity index (χ2n) is 6.15. The fraction of sp³-hybridized carbons (Fsp3) is 0.562. The largest absolute Gasteiger partial charge is 0.390 e. The number of likely N-dealkylation sites (tertiary alicyclic amines) is 1. The lowest BCUT2D eigenvalue weighted by Crippen LogP contribution is -2.43. The lowest BCUT2D eigenvalue weighted by molar-refractivity contribution is -0.384. The van der Waals surface area contributed by atoms with Crippen LogP contribution in [0.2, 0.25) is 0 Å². The Morgan fingerprint density at radius 2 is 2.00 bits per heavy atom. The van der Waals surface area contributed by atoms with Crippen molar-refractivity contribution in [3.05, 3.63) is 39.9 Å². The number of β-amino-alcohol motifs (C(OH)–C–C–N with tert-alkyl or cyclic N) is 1. The zero-order valence-electron chi connectivity index (χ0n) is 13.3. The Kier molecular flexibility index (Phi) is 6.06. The highest BCUT2D eigenvalue weighted by molar-refractivity contribution is 5.94. The second-order valence-corrected chi connectivity index (χ2v) is 6.15. The van der Waals surface area contributed by atoms with Gasteiger partial charge in [-0.05, 0) is 44.0 Å². The van der Waals surface area contributed by atoms with Crippen LogP contribution in [0.15, 0.2) is 24.3 Å². The molecule has 0 aliphatic carbocycles. The predicted molar refractivity (Wildman–Crippen MR) is 86.3 cm³/mol. The van der Waals surface area contributed by atoms with Crippen molar-refractivity contribution in [1.82, 2.24) is 10.2 Å². The Hall–Kier alpha value is -1.99. The second kappa shape index (κ2) is 8.03. The van der Waals surface area contributed by atoms with Crippen LogP contribution in [0.3, 0.4) is 0 Å². The number of piperidine rings is 1. The normalized spacial score (nSPS) is 17.7. The maximum absolute atomic E-state index is 12.0. The Morgan fingerprint density at radius 3 is 2.57 bits per heavy atom. The third kappa shape index (κ3) is 5.30. The zero-order valence-corrected chi connectivity index (χ0v) is 13.3. The van der Waals surface area contributed by atoms with Crippen LogP contribution >= 0.6 is 0 Å². The van der Waals surface area contributed by atoms with Gasteiger partial charge in [-0.3, -0.25) is 14.9 Å². The van der Waals surface area contributed by atoms with Crippen LogP contribution in [0.4, 0.5) is 5.69 Å². The van der Waals surface area contributed by atoms with Crippen LogP contribution in [0.25, 0.3) is 0 Å². The molecule has 1 amide bonds. The van der Waals surface area contributed by atoms with Crippen molar-refractivity contribution in [3.8, 4) is 0 Å². The van der Waals surface area contributed by atoms with Crippen molar-refractivity contribution in [3.63, 3.8) is 0 Å². The minimum Gasteiger partial charge on any atom is -0.390 e. The summed E-state index contributed by atoms with van der Waals surface area (Å²) in [6, 6.07) is 5.40. The third-order valence-electron chi connectivity index (χ3n) is 4.18. The first-order valence-corrected chi connectivity index (χ1v) is 7.89. The van der Waals surface area contributed by atoms with Crippen molar-refractivity contribution < 1.29 is 14.8 Å². The van der Waals surface area contributed by atoms with E-state index in [0.29, 0.717) is 12.1 Å². The molecule has 126 valence electrons. The standard InChI is InChI=1S/C16H23N3O4/c1-12-6-8-18(9-7-12)11-15(20)10-17-16(21)13-2-4-14(5-3-13)19(22)23/h2-5,12,15,20H,6-11H2,1H3,(H,17,21). The first-order chi connectivity index (χ1) is 11.0. The van der Waals surface area contributed by atoms with Crippen molar-refractivity contribution in [1.29, 1.82) is 0 Å². The highest BCUT2D eigenvalue weighted by Gasteiger charge is 2.19. The van der Waals surface area contributed by atoms with E-state index >= 15 is 0 Å². The van der Waals surface area contributed by atoms with Crippen LogP contribution < -0.4 is 5.32 Å². The molecule has 1 aliphatic rings. The van der Waals surface area contributed by atoms with Gasteiger partial charge in [-0.1, -0.05) is 6.92 Å². The number of carbonyl (C=O) groups is 1. The number of aliphatic hydroxyl groups is 1. The summed E-state index contributed by atoms with van der Waals surface area (Å²) >= 11 is 0. The SMILES string of the molecule is CC1CCN(CC(O)CNC(=O)c2ccc([N+](=O)[O-])cc2)CC1. The molecule has 1 fully saturated rings. The molecule has 1 heterocycles. The number of non-ortho nitro benzene ring substituents is 1. The summed E-state index contributed by atoms with van der Waals surface area (Å²) in [5.41, 5.74) is 0.288. The fourth-order valence-electron chi connectivity index (χ4n) is 2.65. The molecule has 1 aromatic carbocycles. The van der Waals surface area contributed by atoms with E-state index in [4.69, 9.17) is 0 Å². The number of amides is 1. The topological polar surface area (TPSA) is 95.7 Å². The summed E-state index contributed by atoms with van der Waals surface area (Å²) in [7, 11) is 0. The number of hydrogen-bond donors (Lipinski definition) is 2. The number of benzene rings is 1. The lowest BCUT2D eigenvalue weighted by atomic mass is 9.99. The molecular weight excluding hydrogens is 298 g/mol. The van der Waals surface area contributed by atoms with Gasteiger partial charge in [-0.2, -0.15) is 0 Å². The van der Waals surface area contributed by atoms with Gasteiger partial charge in [0.05, 0.1) is 11.0 Å². The van der Waals surface area contributed by atoms with Gasteiger partial charge in [0, 0.05) is 30.8 Å². The summed E-state index contributed by atoms with van der Waals surface area (Å²) in [4.78, 5) is 24.2. The van der Waals surface area contributed by atoms with E-state index in [9.17, 15) is 20.0 Å². The van der Waals surface area contributed by atoms with Gasteiger partial charge in [-0.25, -0.2) is 0 Å². The number of carbonyl (C=O) groups excluding carboxylic acids is 1. The molecule has 0 aromatic heterocycles. The lowest BCUT2D eigenvalue weighted by Gasteiger charge is -2.31. The van der Waals surface area contributed by atoms with Crippen LogP contribution in [0.1, 0.15) is 30.1 Å². The van der Waals surface area contributed by atoms with Gasteiger partial charge >= 0.3 is 0 Å². The molecule has 0 radical (unpaired) electrons. The van der Waals surface area contributed by atoms with Crippen molar-refractivity contribution in [2.75, 3.05) is 26.2 Å². The minimum atomic E-state index is -0.620. The maximum Gasteiger partial charge on any atom is 0.269 e. The van der Waals surface area contributed by atoms with Gasteiger partial charge < -0.3 is 15.3 Å². The van der Waals surface area contributed by atoms with E-state index < -0.39 is 11.0 Å². The molecule has 1 unspecified atom stereocenters. The quantitative estimate of drug-likeness (QED) is 0.610. The summed E-state index contributed by atoms with van der Waals surface area (Å²) in [6.45, 7) is 4.91. The minimum absolute atomic E-state index is 0.0547. The third-order valence-corrected chi connectivity index (χ3v) is 4.18. The molecule has 0 saturated carbocycles. The number of rotatable bonds is 6. The Bertz CT molecular complexity index is 539. The number of nitro benzene ring substituents is 1. The van der Waals surface area contributed by atoms with Gasteiger partial charge in [0.15, 0.2) is 0 Å². The average Bonchev–Trinajstić information content (AvgIpc) is 2.55. The monoisotopic (exact) mass is 321 g/mol. The Morgan fingerprint density at radius 1 is 1.39 bits per heavy atom. The van der Waals surface area contributed by atoms with E-state index in [1.54, 1.807) is 0 Å². The van der Waals surface area contributed by atoms with E-state index in [0.717, 1.165) is 31.8 Å². The maximum atomic E-state index is 12.0. The molecule has 7 nitrogen and oxygen atoms in total. The summed E-state index contributed by atoms with van der Waals surface area (Å²) in [5.74, 6) is 0.399. The smallest absolute Gasteiger partial charge is 0.269 e. The van der Waals surface area contributed by atoms with Crippen molar-refractivity contribution in [2.45, 2.75) is 25.9 Å². The molecule has 2 N–H and O–H groups in total. The van der Waals surface area contributed by atoms with Gasteiger partial charge in [-0.15, -0.1) is 0 Å². The molecule has 23 heavy (non-hydrogen) atoms. The van der Waals surface area contributed by atoms with Crippen molar-refractivity contribution in [2.24, 2.45) is 5.92 Å². The molecule has 1 atom stereocenters. The molecule has 2 rings (SSSR count). The van der Waals surface area contributed by atoms with Crippen molar-refractivity contribution >= 4 is 11.6 Å². The Labute approximate surface area is 135 Å². The number of hydrogen-bond acceptors (Lipinski definition) is 5. The first-order valence-electron chi connectivity index (χ1n) is 7.89. The van der Waals surface area contributed by atoms with E-state index in [2.05, 4.69) is 17.1 Å². The number of aliphatic hydroxyl groups excluding tert-OH is 1. The zero-order chi connectivity index (χ0) is 16.8. The average molecular weight is 321 g/mol. The molecule has 1 aromatic rings. The highest BCUT2D eigenvalue weighted by Crippen LogP contribution is 2.16. The molecule has 0 spiro atoms. The fourth-order valence-corrected chi connectivity index (χ4v) is 2.65. The summed E-state index contributed by atoms with van der Waals surface area (Å²) in [5, 5.41) is 23.3. The van der Waals surface area contributed by atoms with Crippen LogP contribution in [-0.4, -0.2) is 53.1 Å².